The number of likely N-dealkylation sites (tertiary alicyclic amines) is 1. The molecule has 0 spiro atoms. The number of hydrogen-bond donors (Lipinski definition) is 1. The molecule has 1 aromatic carbocycles. The highest BCUT2D eigenvalue weighted by Crippen LogP contribution is 2.09. The lowest BCUT2D eigenvalue weighted by atomic mass is 10.1. The second kappa shape index (κ2) is 10.3. The summed E-state index contributed by atoms with van der Waals surface area (Å²) in [4.78, 5) is 2.31. The van der Waals surface area contributed by atoms with Crippen molar-refractivity contribution >= 4 is 0 Å². The average molecular weight is 236 g/mol. The Bertz CT molecular complexity index is 255. The zero-order chi connectivity index (χ0) is 13.1. The standard InChI is InChI=1S/C9H13N.C4H9N.C2H6/c1-8(10-2)9-6-4-3-5-7-9;1-5-3-2-4-5;1-2/h3-8,10H,1-2H3;2-4H2,1H3;1-2H3. The average Bonchev–Trinajstić information content (AvgIpc) is 2.39. The van der Waals surface area contributed by atoms with E-state index in [0.29, 0.717) is 6.04 Å². The molecule has 0 bridgehead atoms. The van der Waals surface area contributed by atoms with E-state index in [9.17, 15) is 0 Å². The van der Waals surface area contributed by atoms with Crippen LogP contribution in [0.2, 0.25) is 0 Å². The van der Waals surface area contributed by atoms with Gasteiger partial charge in [-0.25, -0.2) is 0 Å². The van der Waals surface area contributed by atoms with Gasteiger partial charge < -0.3 is 10.2 Å². The summed E-state index contributed by atoms with van der Waals surface area (Å²) in [5.74, 6) is 0. The molecular weight excluding hydrogens is 208 g/mol. The van der Waals surface area contributed by atoms with Crippen molar-refractivity contribution in [3.63, 3.8) is 0 Å². The Kier molecular flexibility index (Phi) is 9.78. The molecule has 1 aliphatic rings. The molecule has 1 unspecified atom stereocenters. The lowest BCUT2D eigenvalue weighted by Gasteiger charge is -2.24. The van der Waals surface area contributed by atoms with E-state index >= 15 is 0 Å². The molecule has 98 valence electrons. The highest BCUT2D eigenvalue weighted by Gasteiger charge is 2.04. The maximum atomic E-state index is 3.18. The van der Waals surface area contributed by atoms with Gasteiger partial charge in [0.2, 0.25) is 0 Å². The van der Waals surface area contributed by atoms with Crippen LogP contribution in [0.15, 0.2) is 30.3 Å². The summed E-state index contributed by atoms with van der Waals surface area (Å²) < 4.78 is 0. The lowest BCUT2D eigenvalue weighted by molar-refractivity contribution is 0.229. The van der Waals surface area contributed by atoms with Crippen LogP contribution in [-0.2, 0) is 0 Å². The topological polar surface area (TPSA) is 15.3 Å². The molecular formula is C15H28N2. The largest absolute Gasteiger partial charge is 0.313 e. The first-order valence-corrected chi connectivity index (χ1v) is 6.65. The molecule has 1 saturated heterocycles. The second-order valence-corrected chi connectivity index (χ2v) is 4.08. The van der Waals surface area contributed by atoms with Crippen LogP contribution in [0.5, 0.6) is 0 Å². The fourth-order valence-corrected chi connectivity index (χ4v) is 1.38. The van der Waals surface area contributed by atoms with Gasteiger partial charge in [0.05, 0.1) is 0 Å². The Labute approximate surface area is 107 Å². The van der Waals surface area contributed by atoms with Crippen LogP contribution < -0.4 is 5.32 Å². The Balaban J connectivity index is 0.000000306. The molecule has 1 aliphatic heterocycles. The second-order valence-electron chi connectivity index (χ2n) is 4.08. The summed E-state index contributed by atoms with van der Waals surface area (Å²) in [5.41, 5.74) is 1.34. The first-order chi connectivity index (χ1) is 8.24. The third-order valence-corrected chi connectivity index (χ3v) is 2.81. The number of rotatable bonds is 2. The highest BCUT2D eigenvalue weighted by molar-refractivity contribution is 5.17. The molecule has 0 amide bonds. The fourth-order valence-electron chi connectivity index (χ4n) is 1.38. The summed E-state index contributed by atoms with van der Waals surface area (Å²) in [5, 5.41) is 3.18. The van der Waals surface area contributed by atoms with E-state index in [4.69, 9.17) is 0 Å². The van der Waals surface area contributed by atoms with E-state index in [0.717, 1.165) is 0 Å². The Morgan fingerprint density at radius 3 is 1.88 bits per heavy atom. The van der Waals surface area contributed by atoms with Gasteiger partial charge in [0.25, 0.3) is 0 Å². The van der Waals surface area contributed by atoms with Gasteiger partial charge in [0.15, 0.2) is 0 Å². The lowest BCUT2D eigenvalue weighted by Crippen LogP contribution is -2.32. The van der Waals surface area contributed by atoms with Crippen molar-refractivity contribution in [3.05, 3.63) is 35.9 Å². The third kappa shape index (κ3) is 7.14. The number of hydrogen-bond acceptors (Lipinski definition) is 2. The quantitative estimate of drug-likeness (QED) is 0.847. The minimum absolute atomic E-state index is 0.459. The van der Waals surface area contributed by atoms with Crippen molar-refractivity contribution in [3.8, 4) is 0 Å². The summed E-state index contributed by atoms with van der Waals surface area (Å²) in [6.45, 7) is 8.79. The first kappa shape index (κ1) is 16.1. The van der Waals surface area contributed by atoms with Crippen LogP contribution in [0, 0.1) is 0 Å². The number of nitrogens with zero attached hydrogens (tertiary/aromatic N) is 1. The summed E-state index contributed by atoms with van der Waals surface area (Å²) in [6, 6.07) is 10.9. The van der Waals surface area contributed by atoms with Gasteiger partial charge in [-0.2, -0.15) is 0 Å². The molecule has 2 heteroatoms. The van der Waals surface area contributed by atoms with Crippen LogP contribution in [0.25, 0.3) is 0 Å². The van der Waals surface area contributed by atoms with E-state index in [1.54, 1.807) is 0 Å². The van der Waals surface area contributed by atoms with E-state index in [2.05, 4.69) is 48.5 Å². The zero-order valence-electron chi connectivity index (χ0n) is 12.0. The normalized spacial score (nSPS) is 15.6. The zero-order valence-corrected chi connectivity index (χ0v) is 12.0. The predicted octanol–water partition coefficient (Wildman–Crippen LogP) is 3.32. The monoisotopic (exact) mass is 236 g/mol. The Morgan fingerprint density at radius 1 is 1.12 bits per heavy atom. The van der Waals surface area contributed by atoms with E-state index in [-0.39, 0.29) is 0 Å². The van der Waals surface area contributed by atoms with Gasteiger partial charge in [-0.3, -0.25) is 0 Å². The molecule has 0 aromatic heterocycles. The molecule has 0 aliphatic carbocycles. The maximum Gasteiger partial charge on any atom is 0.0289 e. The molecule has 1 N–H and O–H groups in total. The Hall–Kier alpha value is -0.860. The molecule has 1 atom stereocenters. The van der Waals surface area contributed by atoms with Gasteiger partial charge in [-0.15, -0.1) is 0 Å². The van der Waals surface area contributed by atoms with Crippen LogP contribution in [0.3, 0.4) is 0 Å². The van der Waals surface area contributed by atoms with Gasteiger partial charge in [0.1, 0.15) is 0 Å². The predicted molar refractivity (Wildman–Crippen MR) is 77.4 cm³/mol. The molecule has 2 rings (SSSR count). The van der Waals surface area contributed by atoms with Gasteiger partial charge in [-0.1, -0.05) is 44.2 Å². The number of nitrogens with one attached hydrogen (secondary N) is 1. The molecule has 1 heterocycles. The van der Waals surface area contributed by atoms with Crippen LogP contribution >= 0.6 is 0 Å². The minimum atomic E-state index is 0.459. The fraction of sp³-hybridized carbons (Fsp3) is 0.600. The molecule has 1 aromatic rings. The van der Waals surface area contributed by atoms with Crippen molar-refractivity contribution in [2.45, 2.75) is 33.2 Å². The SMILES string of the molecule is CC.CN1CCC1.CNC(C)c1ccccc1. The first-order valence-electron chi connectivity index (χ1n) is 6.65. The highest BCUT2D eigenvalue weighted by atomic mass is 15.1. The van der Waals surface area contributed by atoms with Crippen molar-refractivity contribution in [2.75, 3.05) is 27.2 Å². The van der Waals surface area contributed by atoms with E-state index in [1.807, 2.05) is 27.0 Å². The minimum Gasteiger partial charge on any atom is -0.313 e. The summed E-state index contributed by atoms with van der Waals surface area (Å²) in [6.07, 6.45) is 1.41. The summed E-state index contributed by atoms with van der Waals surface area (Å²) in [7, 11) is 4.11. The smallest absolute Gasteiger partial charge is 0.0289 e. The Morgan fingerprint density at radius 2 is 1.59 bits per heavy atom. The van der Waals surface area contributed by atoms with Crippen molar-refractivity contribution in [1.82, 2.24) is 10.2 Å². The van der Waals surface area contributed by atoms with Crippen molar-refractivity contribution in [1.29, 1.82) is 0 Å². The summed E-state index contributed by atoms with van der Waals surface area (Å²) >= 11 is 0. The van der Waals surface area contributed by atoms with Gasteiger partial charge >= 0.3 is 0 Å². The molecule has 1 fully saturated rings. The van der Waals surface area contributed by atoms with Crippen LogP contribution in [-0.4, -0.2) is 32.1 Å². The maximum absolute atomic E-state index is 3.18. The molecule has 0 radical (unpaired) electrons. The van der Waals surface area contributed by atoms with Crippen molar-refractivity contribution < 1.29 is 0 Å². The van der Waals surface area contributed by atoms with Gasteiger partial charge in [0, 0.05) is 6.04 Å². The molecule has 17 heavy (non-hydrogen) atoms. The van der Waals surface area contributed by atoms with Crippen molar-refractivity contribution in [2.24, 2.45) is 0 Å². The van der Waals surface area contributed by atoms with Crippen LogP contribution in [0.4, 0.5) is 0 Å². The van der Waals surface area contributed by atoms with Gasteiger partial charge in [-0.05, 0) is 46.1 Å². The third-order valence-electron chi connectivity index (χ3n) is 2.81. The van der Waals surface area contributed by atoms with E-state index < -0.39 is 0 Å². The van der Waals surface area contributed by atoms with Crippen LogP contribution in [0.1, 0.15) is 38.8 Å². The molecule has 0 saturated carbocycles. The number of benzene rings is 1. The van der Waals surface area contributed by atoms with E-state index in [1.165, 1.54) is 25.1 Å². The molecule has 2 nitrogen and oxygen atoms in total.